The summed E-state index contributed by atoms with van der Waals surface area (Å²) in [5.74, 6) is 0.566. The maximum atomic E-state index is 12.0. The van der Waals surface area contributed by atoms with Gasteiger partial charge in [-0.2, -0.15) is 5.10 Å². The smallest absolute Gasteiger partial charge is 0.282 e. The Morgan fingerprint density at radius 2 is 1.96 bits per heavy atom. The third-order valence-electron chi connectivity index (χ3n) is 5.33. The standard InChI is InChI=1S/C20H27BrN4O2/c1-23(17-12-22-24(2)20(27)19(17)21)13-15-8-10-25(11-9-15)14-18(26)16-6-4-3-5-7-16/h3-7,12,15,18,26H,8-11,13-14H2,1-2H3. The molecule has 1 atom stereocenters. The monoisotopic (exact) mass is 434 g/mol. The van der Waals surface area contributed by atoms with Gasteiger partial charge in [-0.25, -0.2) is 4.68 Å². The van der Waals surface area contributed by atoms with Crippen LogP contribution in [0.15, 0.2) is 45.8 Å². The fourth-order valence-electron chi connectivity index (χ4n) is 3.63. The fourth-order valence-corrected chi connectivity index (χ4v) is 4.29. The molecule has 0 amide bonds. The van der Waals surface area contributed by atoms with Crippen molar-refractivity contribution in [1.82, 2.24) is 14.7 Å². The van der Waals surface area contributed by atoms with E-state index in [0.29, 0.717) is 16.9 Å². The normalized spacial score (nSPS) is 17.0. The van der Waals surface area contributed by atoms with Gasteiger partial charge in [-0.15, -0.1) is 0 Å². The van der Waals surface area contributed by atoms with Crippen LogP contribution < -0.4 is 10.5 Å². The van der Waals surface area contributed by atoms with Crippen molar-refractivity contribution in [2.75, 3.05) is 38.1 Å². The average Bonchev–Trinajstić information content (AvgIpc) is 2.68. The summed E-state index contributed by atoms with van der Waals surface area (Å²) in [5, 5.41) is 14.5. The van der Waals surface area contributed by atoms with E-state index in [-0.39, 0.29) is 5.56 Å². The van der Waals surface area contributed by atoms with Crippen LogP contribution in [0.5, 0.6) is 0 Å². The Morgan fingerprint density at radius 3 is 2.63 bits per heavy atom. The van der Waals surface area contributed by atoms with Gasteiger partial charge in [0.15, 0.2) is 0 Å². The minimum absolute atomic E-state index is 0.121. The number of aromatic nitrogens is 2. The quantitative estimate of drug-likeness (QED) is 0.756. The molecule has 27 heavy (non-hydrogen) atoms. The SMILES string of the molecule is CN(CC1CCN(CC(O)c2ccccc2)CC1)c1cnn(C)c(=O)c1Br. The van der Waals surface area contributed by atoms with Gasteiger partial charge >= 0.3 is 0 Å². The first-order chi connectivity index (χ1) is 13.0. The zero-order chi connectivity index (χ0) is 19.4. The van der Waals surface area contributed by atoms with Crippen LogP contribution in [0.1, 0.15) is 24.5 Å². The Hall–Kier alpha value is -1.70. The number of hydrogen-bond acceptors (Lipinski definition) is 5. The summed E-state index contributed by atoms with van der Waals surface area (Å²) in [7, 11) is 3.66. The lowest BCUT2D eigenvalue weighted by molar-refractivity contribution is 0.0902. The van der Waals surface area contributed by atoms with E-state index in [4.69, 9.17) is 0 Å². The minimum Gasteiger partial charge on any atom is -0.387 e. The Kier molecular flexibility index (Phi) is 6.68. The molecule has 1 aliphatic rings. The first kappa shape index (κ1) is 20.0. The highest BCUT2D eigenvalue weighted by molar-refractivity contribution is 9.10. The maximum absolute atomic E-state index is 12.0. The van der Waals surface area contributed by atoms with Crippen molar-refractivity contribution in [1.29, 1.82) is 0 Å². The van der Waals surface area contributed by atoms with E-state index in [2.05, 4.69) is 30.8 Å². The van der Waals surface area contributed by atoms with E-state index in [1.165, 1.54) is 4.68 Å². The molecule has 3 rings (SSSR count). The van der Waals surface area contributed by atoms with Gasteiger partial charge in [-0.05, 0) is 53.3 Å². The number of piperidine rings is 1. The predicted molar refractivity (Wildman–Crippen MR) is 111 cm³/mol. The molecule has 0 aliphatic carbocycles. The Bertz CT molecular complexity index is 803. The summed E-state index contributed by atoms with van der Waals surface area (Å²) >= 11 is 3.40. The number of hydrogen-bond donors (Lipinski definition) is 1. The van der Waals surface area contributed by atoms with Gasteiger partial charge in [-0.3, -0.25) is 4.79 Å². The molecule has 0 radical (unpaired) electrons. The Morgan fingerprint density at radius 1 is 1.30 bits per heavy atom. The van der Waals surface area contributed by atoms with Gasteiger partial charge < -0.3 is 14.9 Å². The van der Waals surface area contributed by atoms with Crippen LogP contribution in [0.3, 0.4) is 0 Å². The van der Waals surface area contributed by atoms with Crippen LogP contribution in [0.4, 0.5) is 5.69 Å². The van der Waals surface area contributed by atoms with Crippen molar-refractivity contribution in [3.8, 4) is 0 Å². The largest absolute Gasteiger partial charge is 0.387 e. The molecule has 2 aromatic rings. The summed E-state index contributed by atoms with van der Waals surface area (Å²) in [5.41, 5.74) is 1.69. The number of β-amino-alcohol motifs (C(OH)–C–C–N with tert-alkyl or cyclic N) is 1. The topological polar surface area (TPSA) is 61.6 Å². The molecule has 0 bridgehead atoms. The van der Waals surface area contributed by atoms with Crippen molar-refractivity contribution in [3.63, 3.8) is 0 Å². The van der Waals surface area contributed by atoms with E-state index >= 15 is 0 Å². The van der Waals surface area contributed by atoms with Crippen LogP contribution >= 0.6 is 15.9 Å². The number of rotatable bonds is 6. The highest BCUT2D eigenvalue weighted by atomic mass is 79.9. The van der Waals surface area contributed by atoms with Crippen LogP contribution in [0.25, 0.3) is 0 Å². The molecule has 1 aromatic carbocycles. The number of aryl methyl sites for hydroxylation is 1. The van der Waals surface area contributed by atoms with Crippen molar-refractivity contribution in [2.45, 2.75) is 18.9 Å². The molecular formula is C20H27BrN4O2. The molecule has 1 saturated heterocycles. The number of anilines is 1. The molecule has 1 aromatic heterocycles. The molecule has 1 fully saturated rings. The molecule has 0 spiro atoms. The van der Waals surface area contributed by atoms with Gasteiger partial charge in [0.2, 0.25) is 0 Å². The van der Waals surface area contributed by atoms with Crippen LogP contribution in [0, 0.1) is 5.92 Å². The molecule has 1 unspecified atom stereocenters. The molecule has 146 valence electrons. The fraction of sp³-hybridized carbons (Fsp3) is 0.500. The van der Waals surface area contributed by atoms with Crippen molar-refractivity contribution < 1.29 is 5.11 Å². The lowest BCUT2D eigenvalue weighted by atomic mass is 9.95. The maximum Gasteiger partial charge on any atom is 0.282 e. The number of likely N-dealkylation sites (tertiary alicyclic amines) is 1. The Balaban J connectivity index is 1.51. The first-order valence-corrected chi connectivity index (χ1v) is 10.1. The van der Waals surface area contributed by atoms with Gasteiger partial charge in [0.25, 0.3) is 5.56 Å². The van der Waals surface area contributed by atoms with E-state index in [9.17, 15) is 9.90 Å². The van der Waals surface area contributed by atoms with Crippen LogP contribution in [-0.2, 0) is 7.05 Å². The first-order valence-electron chi connectivity index (χ1n) is 9.34. The zero-order valence-electron chi connectivity index (χ0n) is 15.9. The molecular weight excluding hydrogens is 408 g/mol. The minimum atomic E-state index is -0.437. The molecule has 1 aliphatic heterocycles. The van der Waals surface area contributed by atoms with Gasteiger partial charge in [0.1, 0.15) is 4.47 Å². The average molecular weight is 435 g/mol. The summed E-state index contributed by atoms with van der Waals surface area (Å²) in [4.78, 5) is 16.5. The summed E-state index contributed by atoms with van der Waals surface area (Å²) in [6.07, 6.45) is 3.47. The second-order valence-electron chi connectivity index (χ2n) is 7.32. The van der Waals surface area contributed by atoms with E-state index in [1.807, 2.05) is 37.4 Å². The van der Waals surface area contributed by atoms with Gasteiger partial charge in [0, 0.05) is 27.2 Å². The van der Waals surface area contributed by atoms with Crippen molar-refractivity contribution >= 4 is 21.6 Å². The highest BCUT2D eigenvalue weighted by Crippen LogP contribution is 2.25. The zero-order valence-corrected chi connectivity index (χ0v) is 17.5. The van der Waals surface area contributed by atoms with Gasteiger partial charge in [-0.1, -0.05) is 30.3 Å². The molecule has 6 nitrogen and oxygen atoms in total. The van der Waals surface area contributed by atoms with Crippen LogP contribution in [0.2, 0.25) is 0 Å². The third-order valence-corrected chi connectivity index (χ3v) is 6.07. The summed E-state index contributed by atoms with van der Waals surface area (Å²) < 4.78 is 1.89. The number of aliphatic hydroxyl groups is 1. The molecule has 7 heteroatoms. The number of halogens is 1. The van der Waals surface area contributed by atoms with Gasteiger partial charge in [0.05, 0.1) is 18.0 Å². The second kappa shape index (κ2) is 8.99. The lowest BCUT2D eigenvalue weighted by Crippen LogP contribution is -2.40. The van der Waals surface area contributed by atoms with E-state index in [1.54, 1.807) is 13.2 Å². The lowest BCUT2D eigenvalue weighted by Gasteiger charge is -2.35. The predicted octanol–water partition coefficient (Wildman–Crippen LogP) is 2.42. The molecule has 0 saturated carbocycles. The summed E-state index contributed by atoms with van der Waals surface area (Å²) in [6, 6.07) is 9.84. The van der Waals surface area contributed by atoms with Crippen molar-refractivity contribution in [3.05, 3.63) is 56.9 Å². The number of benzene rings is 1. The van der Waals surface area contributed by atoms with E-state index in [0.717, 1.165) is 43.7 Å². The number of nitrogens with zero attached hydrogens (tertiary/aromatic N) is 4. The second-order valence-corrected chi connectivity index (χ2v) is 8.12. The Labute approximate surface area is 168 Å². The third kappa shape index (κ3) is 4.97. The highest BCUT2D eigenvalue weighted by Gasteiger charge is 2.23. The molecule has 1 N–H and O–H groups in total. The van der Waals surface area contributed by atoms with E-state index < -0.39 is 6.10 Å². The molecule has 2 heterocycles. The van der Waals surface area contributed by atoms with Crippen LogP contribution in [-0.4, -0.2) is 53.0 Å². The summed E-state index contributed by atoms with van der Waals surface area (Å²) in [6.45, 7) is 3.54. The number of aliphatic hydroxyl groups excluding tert-OH is 1. The van der Waals surface area contributed by atoms with Crippen molar-refractivity contribution in [2.24, 2.45) is 13.0 Å².